The molecule has 2 aromatic rings. The number of rotatable bonds is 1. The standard InChI is InChI=1S/C14H11N3O2/c1-17-13(18)12(16-14(17)19)6-10-8-15-7-9-4-2-3-5-11(9)10/h2-8H,1H3,(H,16,19)/b12-6-. The first-order chi connectivity index (χ1) is 9.16. The van der Waals surface area contributed by atoms with Crippen LogP contribution in [0.1, 0.15) is 5.56 Å². The van der Waals surface area contributed by atoms with Gasteiger partial charge in [0.1, 0.15) is 5.70 Å². The van der Waals surface area contributed by atoms with Gasteiger partial charge in [-0.2, -0.15) is 0 Å². The molecule has 94 valence electrons. The maximum Gasteiger partial charge on any atom is 0.328 e. The highest BCUT2D eigenvalue weighted by Crippen LogP contribution is 2.20. The molecule has 0 unspecified atom stereocenters. The molecule has 0 saturated carbocycles. The molecule has 1 aliphatic heterocycles. The fraction of sp³-hybridized carbons (Fsp3) is 0.0714. The minimum Gasteiger partial charge on any atom is -0.303 e. The summed E-state index contributed by atoms with van der Waals surface area (Å²) in [4.78, 5) is 28.4. The number of hydrogen-bond donors (Lipinski definition) is 1. The fourth-order valence-corrected chi connectivity index (χ4v) is 2.03. The van der Waals surface area contributed by atoms with Gasteiger partial charge in [-0.1, -0.05) is 24.3 Å². The van der Waals surface area contributed by atoms with Gasteiger partial charge in [0.25, 0.3) is 5.91 Å². The monoisotopic (exact) mass is 253 g/mol. The summed E-state index contributed by atoms with van der Waals surface area (Å²) in [6.45, 7) is 0. The Labute approximate surface area is 109 Å². The third-order valence-electron chi connectivity index (χ3n) is 3.08. The summed E-state index contributed by atoms with van der Waals surface area (Å²) in [5, 5.41) is 4.51. The second-order valence-electron chi connectivity index (χ2n) is 4.30. The van der Waals surface area contributed by atoms with Gasteiger partial charge in [-0.3, -0.25) is 14.7 Å². The number of nitrogens with one attached hydrogen (secondary N) is 1. The molecular weight excluding hydrogens is 242 g/mol. The molecule has 1 aromatic heterocycles. The average Bonchev–Trinajstić information content (AvgIpc) is 2.67. The Morgan fingerprint density at radius 1 is 1.21 bits per heavy atom. The Hall–Kier alpha value is -2.69. The molecular formula is C14H11N3O2. The van der Waals surface area contributed by atoms with Crippen LogP contribution < -0.4 is 5.32 Å². The van der Waals surface area contributed by atoms with Crippen molar-refractivity contribution < 1.29 is 9.59 Å². The highest BCUT2D eigenvalue weighted by molar-refractivity contribution is 6.14. The molecule has 0 spiro atoms. The lowest BCUT2D eigenvalue weighted by molar-refractivity contribution is -0.121. The van der Waals surface area contributed by atoms with Crippen LogP contribution >= 0.6 is 0 Å². The summed E-state index contributed by atoms with van der Waals surface area (Å²) >= 11 is 0. The number of hydrogen-bond acceptors (Lipinski definition) is 3. The molecule has 2 heterocycles. The van der Waals surface area contributed by atoms with Crippen LogP contribution in [0.25, 0.3) is 16.8 Å². The number of benzene rings is 1. The molecule has 1 saturated heterocycles. The number of carbonyl (C=O) groups is 2. The molecule has 5 heteroatoms. The summed E-state index contributed by atoms with van der Waals surface area (Å²) in [6.07, 6.45) is 5.09. The molecule has 3 rings (SSSR count). The topological polar surface area (TPSA) is 62.3 Å². The van der Waals surface area contributed by atoms with Gasteiger partial charge in [0.2, 0.25) is 0 Å². The first-order valence-electron chi connectivity index (χ1n) is 5.80. The third kappa shape index (κ3) is 1.85. The number of carbonyl (C=O) groups excluding carboxylic acids is 2. The van der Waals surface area contributed by atoms with Crippen molar-refractivity contribution in [1.29, 1.82) is 0 Å². The minimum absolute atomic E-state index is 0.269. The van der Waals surface area contributed by atoms with Gasteiger partial charge in [-0.25, -0.2) is 4.79 Å². The van der Waals surface area contributed by atoms with Crippen molar-refractivity contribution in [3.05, 3.63) is 47.9 Å². The van der Waals surface area contributed by atoms with Crippen molar-refractivity contribution in [1.82, 2.24) is 15.2 Å². The van der Waals surface area contributed by atoms with Gasteiger partial charge in [0.15, 0.2) is 0 Å². The Kier molecular flexibility index (Phi) is 2.52. The average molecular weight is 253 g/mol. The first kappa shape index (κ1) is 11.4. The van der Waals surface area contributed by atoms with Crippen LogP contribution in [0, 0.1) is 0 Å². The molecule has 0 atom stereocenters. The second-order valence-corrected chi connectivity index (χ2v) is 4.30. The van der Waals surface area contributed by atoms with Gasteiger partial charge >= 0.3 is 6.03 Å². The lowest BCUT2D eigenvalue weighted by Crippen LogP contribution is -2.25. The predicted molar refractivity (Wildman–Crippen MR) is 71.0 cm³/mol. The number of likely N-dealkylation sites (N-methyl/N-ethyl adjacent to an activating group) is 1. The van der Waals surface area contributed by atoms with Crippen LogP contribution in [-0.2, 0) is 4.79 Å². The third-order valence-corrected chi connectivity index (χ3v) is 3.08. The van der Waals surface area contributed by atoms with Crippen molar-refractivity contribution in [3.8, 4) is 0 Å². The molecule has 3 amide bonds. The molecule has 1 fully saturated rings. The number of amides is 3. The largest absolute Gasteiger partial charge is 0.328 e. The molecule has 19 heavy (non-hydrogen) atoms. The zero-order valence-electron chi connectivity index (χ0n) is 10.3. The van der Waals surface area contributed by atoms with E-state index in [0.29, 0.717) is 0 Å². The zero-order chi connectivity index (χ0) is 13.4. The summed E-state index contributed by atoms with van der Waals surface area (Å²) in [6, 6.07) is 7.34. The molecule has 0 radical (unpaired) electrons. The maximum atomic E-state index is 11.8. The van der Waals surface area contributed by atoms with Crippen molar-refractivity contribution in [2.75, 3.05) is 7.05 Å². The lowest BCUT2D eigenvalue weighted by Gasteiger charge is -2.02. The predicted octanol–water partition coefficient (Wildman–Crippen LogP) is 1.76. The van der Waals surface area contributed by atoms with Gasteiger partial charge < -0.3 is 5.32 Å². The zero-order valence-corrected chi connectivity index (χ0v) is 10.3. The summed E-state index contributed by atoms with van der Waals surface area (Å²) in [5.41, 5.74) is 1.07. The minimum atomic E-state index is -0.413. The number of aromatic nitrogens is 1. The summed E-state index contributed by atoms with van der Waals surface area (Å²) in [5.74, 6) is -0.335. The second kappa shape index (κ2) is 4.20. The van der Waals surface area contributed by atoms with E-state index in [1.54, 1.807) is 18.5 Å². The Balaban J connectivity index is 2.12. The number of nitrogens with zero attached hydrogens (tertiary/aromatic N) is 2. The maximum absolute atomic E-state index is 11.8. The van der Waals surface area contributed by atoms with Crippen LogP contribution in [-0.4, -0.2) is 28.9 Å². The number of pyridine rings is 1. The summed E-state index contributed by atoms with van der Waals surface area (Å²) in [7, 11) is 1.44. The summed E-state index contributed by atoms with van der Waals surface area (Å²) < 4.78 is 0. The van der Waals surface area contributed by atoms with E-state index in [0.717, 1.165) is 21.2 Å². The fourth-order valence-electron chi connectivity index (χ4n) is 2.03. The number of fused-ring (bicyclic) bond motifs is 1. The quantitative estimate of drug-likeness (QED) is 0.622. The Morgan fingerprint density at radius 2 is 2.00 bits per heavy atom. The van der Waals surface area contributed by atoms with Gasteiger partial charge in [-0.05, 0) is 11.5 Å². The Morgan fingerprint density at radius 3 is 2.74 bits per heavy atom. The van der Waals surface area contributed by atoms with Crippen molar-refractivity contribution >= 4 is 28.8 Å². The van der Waals surface area contributed by atoms with Crippen LogP contribution in [0.2, 0.25) is 0 Å². The highest BCUT2D eigenvalue weighted by atomic mass is 16.2. The number of urea groups is 1. The van der Waals surface area contributed by atoms with E-state index in [9.17, 15) is 9.59 Å². The van der Waals surface area contributed by atoms with E-state index < -0.39 is 6.03 Å². The van der Waals surface area contributed by atoms with Gasteiger partial charge in [0, 0.05) is 30.4 Å². The molecule has 1 N–H and O–H groups in total. The van der Waals surface area contributed by atoms with Crippen molar-refractivity contribution in [2.24, 2.45) is 0 Å². The van der Waals surface area contributed by atoms with Crippen molar-refractivity contribution in [3.63, 3.8) is 0 Å². The highest BCUT2D eigenvalue weighted by Gasteiger charge is 2.30. The smallest absolute Gasteiger partial charge is 0.303 e. The van der Waals surface area contributed by atoms with E-state index in [2.05, 4.69) is 10.3 Å². The van der Waals surface area contributed by atoms with Gasteiger partial charge in [0.05, 0.1) is 0 Å². The number of imide groups is 1. The van der Waals surface area contributed by atoms with Crippen molar-refractivity contribution in [2.45, 2.75) is 0 Å². The van der Waals surface area contributed by atoms with Crippen LogP contribution in [0.4, 0.5) is 4.79 Å². The van der Waals surface area contributed by atoms with Crippen LogP contribution in [0.15, 0.2) is 42.4 Å². The van der Waals surface area contributed by atoms with E-state index in [1.165, 1.54) is 7.05 Å². The van der Waals surface area contributed by atoms with E-state index in [1.807, 2.05) is 24.3 Å². The van der Waals surface area contributed by atoms with E-state index in [4.69, 9.17) is 0 Å². The molecule has 5 nitrogen and oxygen atoms in total. The Bertz CT molecular complexity index is 716. The normalized spacial score (nSPS) is 17.3. The SMILES string of the molecule is CN1C(=O)N/C(=C\c2cncc3ccccc23)C1=O. The van der Waals surface area contributed by atoms with Crippen LogP contribution in [0.5, 0.6) is 0 Å². The molecule has 0 aliphatic carbocycles. The molecule has 0 bridgehead atoms. The molecule has 1 aliphatic rings. The lowest BCUT2D eigenvalue weighted by atomic mass is 10.1. The van der Waals surface area contributed by atoms with Crippen LogP contribution in [0.3, 0.4) is 0 Å². The van der Waals surface area contributed by atoms with Gasteiger partial charge in [-0.15, -0.1) is 0 Å². The first-order valence-corrected chi connectivity index (χ1v) is 5.80. The van der Waals surface area contributed by atoms with E-state index >= 15 is 0 Å². The van der Waals surface area contributed by atoms with E-state index in [-0.39, 0.29) is 11.6 Å². The molecule has 1 aromatic carbocycles.